The van der Waals surface area contributed by atoms with E-state index in [4.69, 9.17) is 4.74 Å². The Morgan fingerprint density at radius 1 is 1.29 bits per heavy atom. The van der Waals surface area contributed by atoms with E-state index in [1.165, 1.54) is 11.1 Å². The molecule has 1 heteroatoms. The topological polar surface area (TPSA) is 9.23 Å². The molecule has 0 radical (unpaired) electrons. The van der Waals surface area contributed by atoms with Gasteiger partial charge < -0.3 is 4.74 Å². The summed E-state index contributed by atoms with van der Waals surface area (Å²) in [4.78, 5) is 0. The van der Waals surface area contributed by atoms with Gasteiger partial charge in [0.15, 0.2) is 0 Å². The van der Waals surface area contributed by atoms with E-state index in [1.54, 1.807) is 0 Å². The van der Waals surface area contributed by atoms with Gasteiger partial charge in [-0.15, -0.1) is 0 Å². The smallest absolute Gasteiger partial charge is 0.122 e. The normalized spacial score (nSPS) is 18.7. The molecular formula is C13H20O. The van der Waals surface area contributed by atoms with Crippen molar-refractivity contribution in [3.8, 4) is 5.75 Å². The predicted molar refractivity (Wildman–Crippen MR) is 60.9 cm³/mol. The maximum Gasteiger partial charge on any atom is 0.122 e. The van der Waals surface area contributed by atoms with Crippen LogP contribution in [0.15, 0.2) is 18.2 Å². The Labute approximate surface area is 87.1 Å². The minimum Gasteiger partial charge on any atom is -0.490 e. The van der Waals surface area contributed by atoms with Crippen LogP contribution in [-0.4, -0.2) is 6.10 Å². The first-order valence-electron chi connectivity index (χ1n) is 5.52. The number of hydrogen-bond acceptors (Lipinski definition) is 1. The minimum absolute atomic E-state index is 0.389. The summed E-state index contributed by atoms with van der Waals surface area (Å²) in [5.74, 6) is 1.08. The molecule has 2 rings (SSSR count). The van der Waals surface area contributed by atoms with Crippen molar-refractivity contribution in [2.24, 2.45) is 0 Å². The van der Waals surface area contributed by atoms with Crippen molar-refractivity contribution in [3.63, 3.8) is 0 Å². The van der Waals surface area contributed by atoms with Crippen LogP contribution in [-0.2, 0) is 6.42 Å². The van der Waals surface area contributed by atoms with Crippen molar-refractivity contribution < 1.29 is 4.74 Å². The van der Waals surface area contributed by atoms with Crippen molar-refractivity contribution in [1.29, 1.82) is 0 Å². The van der Waals surface area contributed by atoms with Gasteiger partial charge in [0, 0.05) is 0 Å². The summed E-state index contributed by atoms with van der Waals surface area (Å²) < 4.78 is 5.69. The third kappa shape index (κ3) is 2.50. The van der Waals surface area contributed by atoms with E-state index in [1.807, 2.05) is 13.8 Å². The van der Waals surface area contributed by atoms with E-state index in [0.717, 1.165) is 18.6 Å². The average Bonchev–Trinajstić information content (AvgIpc) is 2.21. The first kappa shape index (κ1) is 11.1. The number of hydrogen-bond donors (Lipinski definition) is 0. The molecule has 0 saturated heterocycles. The summed E-state index contributed by atoms with van der Waals surface area (Å²) in [5.41, 5.74) is 2.69. The highest BCUT2D eigenvalue weighted by atomic mass is 16.5. The maximum atomic E-state index is 5.69. The molecule has 1 nitrogen and oxygen atoms in total. The van der Waals surface area contributed by atoms with Gasteiger partial charge in [-0.25, -0.2) is 0 Å². The largest absolute Gasteiger partial charge is 0.490 e. The van der Waals surface area contributed by atoms with E-state index in [2.05, 4.69) is 32.0 Å². The van der Waals surface area contributed by atoms with Crippen molar-refractivity contribution in [1.82, 2.24) is 0 Å². The number of aryl methyl sites for hydroxylation is 2. The molecule has 0 fully saturated rings. The highest BCUT2D eigenvalue weighted by Gasteiger charge is 2.14. The lowest BCUT2D eigenvalue weighted by Crippen LogP contribution is -2.18. The highest BCUT2D eigenvalue weighted by molar-refractivity contribution is 5.38. The molecule has 1 aliphatic heterocycles. The Hall–Kier alpha value is -0.980. The number of fused-ring (bicyclic) bond motifs is 1. The lowest BCUT2D eigenvalue weighted by atomic mass is 10.0. The summed E-state index contributed by atoms with van der Waals surface area (Å²) >= 11 is 0. The Kier molecular flexibility index (Phi) is 3.99. The molecule has 1 aromatic carbocycles. The van der Waals surface area contributed by atoms with Crippen LogP contribution >= 0.6 is 0 Å². The van der Waals surface area contributed by atoms with E-state index in [0.29, 0.717) is 6.10 Å². The Morgan fingerprint density at radius 3 is 2.71 bits per heavy atom. The first-order valence-corrected chi connectivity index (χ1v) is 5.52. The van der Waals surface area contributed by atoms with Crippen LogP contribution in [0, 0.1) is 6.92 Å². The summed E-state index contributed by atoms with van der Waals surface area (Å²) in [6.07, 6.45) is 2.70. The van der Waals surface area contributed by atoms with E-state index >= 15 is 0 Å². The SMILES string of the molecule is CC.Cc1ccc2c(c1)CC[C@@H](C)O2. The van der Waals surface area contributed by atoms with Gasteiger partial charge in [0.05, 0.1) is 6.10 Å². The van der Waals surface area contributed by atoms with Gasteiger partial charge in [0.25, 0.3) is 0 Å². The second kappa shape index (κ2) is 5.04. The first-order chi connectivity index (χ1) is 6.75. The zero-order chi connectivity index (χ0) is 10.6. The molecule has 0 amide bonds. The van der Waals surface area contributed by atoms with Crippen LogP contribution in [0.3, 0.4) is 0 Å². The van der Waals surface area contributed by atoms with Crippen LogP contribution in [0.4, 0.5) is 0 Å². The standard InChI is InChI=1S/C11H14O.C2H6/c1-8-3-6-11-10(7-8)5-4-9(2)12-11;1-2/h3,6-7,9H,4-5H2,1-2H3;1-2H3/t9-;/m1./s1. The zero-order valence-electron chi connectivity index (χ0n) is 9.63. The molecule has 1 atom stereocenters. The van der Waals surface area contributed by atoms with Gasteiger partial charge in [-0.1, -0.05) is 31.5 Å². The lowest BCUT2D eigenvalue weighted by Gasteiger charge is -2.23. The Balaban J connectivity index is 0.000000461. The van der Waals surface area contributed by atoms with Crippen LogP contribution in [0.25, 0.3) is 0 Å². The molecule has 0 saturated carbocycles. The summed E-state index contributed by atoms with van der Waals surface area (Å²) in [6.45, 7) is 8.25. The van der Waals surface area contributed by atoms with Gasteiger partial charge in [-0.2, -0.15) is 0 Å². The molecular weight excluding hydrogens is 172 g/mol. The van der Waals surface area contributed by atoms with E-state index in [9.17, 15) is 0 Å². The molecule has 0 aliphatic carbocycles. The van der Waals surface area contributed by atoms with E-state index < -0.39 is 0 Å². The third-order valence-electron chi connectivity index (χ3n) is 2.36. The quantitative estimate of drug-likeness (QED) is 0.608. The second-order valence-corrected chi connectivity index (χ2v) is 3.58. The van der Waals surface area contributed by atoms with Crippen molar-refractivity contribution >= 4 is 0 Å². The maximum absolute atomic E-state index is 5.69. The molecule has 1 aromatic rings. The van der Waals surface area contributed by atoms with Crippen molar-refractivity contribution in [2.75, 3.05) is 0 Å². The van der Waals surface area contributed by atoms with Crippen LogP contribution in [0.5, 0.6) is 5.75 Å². The molecule has 78 valence electrons. The molecule has 0 spiro atoms. The van der Waals surface area contributed by atoms with E-state index in [-0.39, 0.29) is 0 Å². The van der Waals surface area contributed by atoms with Crippen LogP contribution < -0.4 is 4.74 Å². The molecule has 14 heavy (non-hydrogen) atoms. The summed E-state index contributed by atoms with van der Waals surface area (Å²) in [6, 6.07) is 6.42. The fraction of sp³-hybridized carbons (Fsp3) is 0.538. The number of ether oxygens (including phenoxy) is 1. The second-order valence-electron chi connectivity index (χ2n) is 3.58. The van der Waals surface area contributed by atoms with Gasteiger partial charge in [-0.3, -0.25) is 0 Å². The third-order valence-corrected chi connectivity index (χ3v) is 2.36. The molecule has 0 N–H and O–H groups in total. The fourth-order valence-electron chi connectivity index (χ4n) is 1.65. The summed E-state index contributed by atoms with van der Waals surface area (Å²) in [5, 5.41) is 0. The van der Waals surface area contributed by atoms with Gasteiger partial charge >= 0.3 is 0 Å². The molecule has 0 unspecified atom stereocenters. The minimum atomic E-state index is 0.389. The van der Waals surface area contributed by atoms with Crippen LogP contribution in [0.1, 0.15) is 38.3 Å². The molecule has 0 bridgehead atoms. The average molecular weight is 192 g/mol. The molecule has 1 heterocycles. The van der Waals surface area contributed by atoms with Crippen molar-refractivity contribution in [2.45, 2.75) is 46.6 Å². The number of rotatable bonds is 0. The predicted octanol–water partition coefficient (Wildman–Crippen LogP) is 3.73. The molecule has 1 aliphatic rings. The lowest BCUT2D eigenvalue weighted by molar-refractivity contribution is 0.192. The van der Waals surface area contributed by atoms with Crippen molar-refractivity contribution in [3.05, 3.63) is 29.3 Å². The monoisotopic (exact) mass is 192 g/mol. The van der Waals surface area contributed by atoms with Crippen LogP contribution in [0.2, 0.25) is 0 Å². The number of benzene rings is 1. The Bertz CT molecular complexity index is 291. The summed E-state index contributed by atoms with van der Waals surface area (Å²) in [7, 11) is 0. The highest BCUT2D eigenvalue weighted by Crippen LogP contribution is 2.27. The molecule has 0 aromatic heterocycles. The fourth-order valence-corrected chi connectivity index (χ4v) is 1.65. The van der Waals surface area contributed by atoms with Gasteiger partial charge in [0.1, 0.15) is 5.75 Å². The Morgan fingerprint density at radius 2 is 2.00 bits per heavy atom. The van der Waals surface area contributed by atoms with Gasteiger partial charge in [0.2, 0.25) is 0 Å². The van der Waals surface area contributed by atoms with Gasteiger partial charge in [-0.05, 0) is 38.3 Å². The zero-order valence-corrected chi connectivity index (χ0v) is 9.63.